The summed E-state index contributed by atoms with van der Waals surface area (Å²) in [6, 6.07) is 3.68. The fraction of sp³-hybridized carbons (Fsp3) is 0.625. The van der Waals surface area contributed by atoms with Crippen molar-refractivity contribution in [3.63, 3.8) is 0 Å². The molecule has 1 unspecified atom stereocenters. The van der Waals surface area contributed by atoms with Crippen molar-refractivity contribution in [2.75, 3.05) is 26.2 Å². The molecule has 116 valence electrons. The molecule has 0 bridgehead atoms. The lowest BCUT2D eigenvalue weighted by molar-refractivity contribution is -0.135. The van der Waals surface area contributed by atoms with Gasteiger partial charge in [-0.15, -0.1) is 0 Å². The number of rotatable bonds is 5. The van der Waals surface area contributed by atoms with Crippen molar-refractivity contribution in [3.8, 4) is 0 Å². The fourth-order valence-electron chi connectivity index (χ4n) is 2.58. The highest BCUT2D eigenvalue weighted by Gasteiger charge is 2.27. The van der Waals surface area contributed by atoms with E-state index >= 15 is 0 Å². The van der Waals surface area contributed by atoms with Gasteiger partial charge in [0.15, 0.2) is 0 Å². The van der Waals surface area contributed by atoms with Gasteiger partial charge in [0.05, 0.1) is 6.04 Å². The zero-order valence-corrected chi connectivity index (χ0v) is 13.0. The second kappa shape index (κ2) is 7.52. The number of carbonyl (C=O) groups is 1. The van der Waals surface area contributed by atoms with E-state index < -0.39 is 0 Å². The minimum atomic E-state index is -0.361. The summed E-state index contributed by atoms with van der Waals surface area (Å²) < 4.78 is 0. The maximum Gasteiger partial charge on any atom is 0.239 e. The van der Waals surface area contributed by atoms with Gasteiger partial charge >= 0.3 is 0 Å². The molecule has 0 radical (unpaired) electrons. The number of amides is 1. The first-order chi connectivity index (χ1) is 10.1. The lowest BCUT2D eigenvalue weighted by Gasteiger charge is -2.36. The molecule has 1 amide bonds. The summed E-state index contributed by atoms with van der Waals surface area (Å²) in [7, 11) is 0. The highest BCUT2D eigenvalue weighted by molar-refractivity contribution is 5.82. The molecule has 0 saturated carbocycles. The van der Waals surface area contributed by atoms with Crippen LogP contribution in [0.4, 0.5) is 0 Å². The van der Waals surface area contributed by atoms with Crippen LogP contribution in [0.2, 0.25) is 0 Å². The van der Waals surface area contributed by atoms with Crippen LogP contribution in [0.15, 0.2) is 24.5 Å². The fourth-order valence-corrected chi connectivity index (χ4v) is 2.58. The SMILES string of the molecule is CCC(C)[C@H](N)C(=O)N1CCN(Cc2cccnc2)CC1. The minimum absolute atomic E-state index is 0.102. The standard InChI is InChI=1S/C16H26N4O/c1-3-13(2)15(17)16(21)20-9-7-19(8-10-20)12-14-5-4-6-18-11-14/h4-6,11,13,15H,3,7-10,12,17H2,1-2H3/t13?,15-/m0/s1. The predicted molar refractivity (Wildman–Crippen MR) is 83.5 cm³/mol. The smallest absolute Gasteiger partial charge is 0.239 e. The van der Waals surface area contributed by atoms with E-state index in [4.69, 9.17) is 5.73 Å². The first-order valence-electron chi connectivity index (χ1n) is 7.77. The highest BCUT2D eigenvalue weighted by atomic mass is 16.2. The maximum absolute atomic E-state index is 12.3. The summed E-state index contributed by atoms with van der Waals surface area (Å²) in [5.74, 6) is 0.344. The van der Waals surface area contributed by atoms with Crippen molar-refractivity contribution >= 4 is 5.91 Å². The van der Waals surface area contributed by atoms with E-state index in [0.717, 1.165) is 39.1 Å². The number of nitrogens with two attached hydrogens (primary N) is 1. The third kappa shape index (κ3) is 4.25. The second-order valence-electron chi connectivity index (χ2n) is 5.87. The number of aromatic nitrogens is 1. The molecule has 0 aliphatic carbocycles. The van der Waals surface area contributed by atoms with E-state index in [1.807, 2.05) is 24.1 Å². The molecule has 0 aromatic carbocycles. The van der Waals surface area contributed by atoms with Crippen LogP contribution >= 0.6 is 0 Å². The van der Waals surface area contributed by atoms with Gasteiger partial charge in [-0.3, -0.25) is 14.7 Å². The van der Waals surface area contributed by atoms with E-state index in [1.165, 1.54) is 5.56 Å². The predicted octanol–water partition coefficient (Wildman–Crippen LogP) is 1.10. The first kappa shape index (κ1) is 15.9. The summed E-state index contributed by atoms with van der Waals surface area (Å²) >= 11 is 0. The highest BCUT2D eigenvalue weighted by Crippen LogP contribution is 2.12. The van der Waals surface area contributed by atoms with Crippen molar-refractivity contribution in [2.24, 2.45) is 11.7 Å². The second-order valence-corrected chi connectivity index (χ2v) is 5.87. The molecule has 1 aromatic heterocycles. The lowest BCUT2D eigenvalue weighted by Crippen LogP contribution is -2.54. The normalized spacial score (nSPS) is 19.3. The van der Waals surface area contributed by atoms with Gasteiger partial charge in [-0.1, -0.05) is 26.3 Å². The van der Waals surface area contributed by atoms with Crippen LogP contribution < -0.4 is 5.73 Å². The Morgan fingerprint density at radius 2 is 2.10 bits per heavy atom. The van der Waals surface area contributed by atoms with Crippen molar-refractivity contribution in [1.29, 1.82) is 0 Å². The number of hydrogen-bond acceptors (Lipinski definition) is 4. The van der Waals surface area contributed by atoms with Gasteiger partial charge in [-0.2, -0.15) is 0 Å². The summed E-state index contributed by atoms with van der Waals surface area (Å²) in [6.07, 6.45) is 4.63. The van der Waals surface area contributed by atoms with Gasteiger partial charge in [0, 0.05) is 45.1 Å². The Bertz CT molecular complexity index is 443. The van der Waals surface area contributed by atoms with Crippen LogP contribution in [0.5, 0.6) is 0 Å². The first-order valence-corrected chi connectivity index (χ1v) is 7.77. The molecular weight excluding hydrogens is 264 g/mol. The molecule has 2 heterocycles. The average molecular weight is 290 g/mol. The monoisotopic (exact) mass is 290 g/mol. The topological polar surface area (TPSA) is 62.5 Å². The van der Waals surface area contributed by atoms with Crippen LogP contribution in [0, 0.1) is 5.92 Å². The number of piperazine rings is 1. The molecule has 1 aromatic rings. The van der Waals surface area contributed by atoms with Crippen LogP contribution in [0.25, 0.3) is 0 Å². The molecule has 1 aliphatic heterocycles. The van der Waals surface area contributed by atoms with Gasteiger partial charge in [-0.05, 0) is 17.5 Å². The van der Waals surface area contributed by atoms with Crippen molar-refractivity contribution < 1.29 is 4.79 Å². The molecular formula is C16H26N4O. The summed E-state index contributed by atoms with van der Waals surface area (Å²) in [4.78, 5) is 20.7. The number of nitrogens with zero attached hydrogens (tertiary/aromatic N) is 3. The Morgan fingerprint density at radius 1 is 1.38 bits per heavy atom. The van der Waals surface area contributed by atoms with E-state index in [-0.39, 0.29) is 17.9 Å². The number of hydrogen-bond donors (Lipinski definition) is 1. The van der Waals surface area contributed by atoms with E-state index in [2.05, 4.69) is 22.9 Å². The molecule has 1 saturated heterocycles. The van der Waals surface area contributed by atoms with Gasteiger partial charge in [0.1, 0.15) is 0 Å². The zero-order valence-electron chi connectivity index (χ0n) is 13.0. The van der Waals surface area contributed by atoms with Crippen LogP contribution in [0.1, 0.15) is 25.8 Å². The molecule has 21 heavy (non-hydrogen) atoms. The van der Waals surface area contributed by atoms with Gasteiger partial charge in [-0.25, -0.2) is 0 Å². The summed E-state index contributed by atoms with van der Waals surface area (Å²) in [5, 5.41) is 0. The Kier molecular flexibility index (Phi) is 5.70. The Morgan fingerprint density at radius 3 is 2.67 bits per heavy atom. The summed E-state index contributed by atoms with van der Waals surface area (Å²) in [6.45, 7) is 8.34. The van der Waals surface area contributed by atoms with Crippen LogP contribution in [-0.4, -0.2) is 52.9 Å². The van der Waals surface area contributed by atoms with Crippen molar-refractivity contribution in [3.05, 3.63) is 30.1 Å². The third-order valence-electron chi connectivity index (χ3n) is 4.36. The number of carbonyl (C=O) groups excluding carboxylic acids is 1. The van der Waals surface area contributed by atoms with Gasteiger partial charge in [0.2, 0.25) is 5.91 Å². The van der Waals surface area contributed by atoms with E-state index in [0.29, 0.717) is 0 Å². The zero-order chi connectivity index (χ0) is 15.2. The van der Waals surface area contributed by atoms with Crippen molar-refractivity contribution in [1.82, 2.24) is 14.8 Å². The minimum Gasteiger partial charge on any atom is -0.339 e. The van der Waals surface area contributed by atoms with E-state index in [9.17, 15) is 4.79 Å². The average Bonchev–Trinajstić information content (AvgIpc) is 2.54. The molecule has 2 N–H and O–H groups in total. The Labute approximate surface area is 127 Å². The van der Waals surface area contributed by atoms with Crippen LogP contribution in [-0.2, 0) is 11.3 Å². The van der Waals surface area contributed by atoms with Crippen LogP contribution in [0.3, 0.4) is 0 Å². The molecule has 2 atom stereocenters. The summed E-state index contributed by atoms with van der Waals surface area (Å²) in [5.41, 5.74) is 7.26. The maximum atomic E-state index is 12.3. The van der Waals surface area contributed by atoms with Gasteiger partial charge < -0.3 is 10.6 Å². The molecule has 5 heteroatoms. The Balaban J connectivity index is 1.81. The Hall–Kier alpha value is -1.46. The molecule has 2 rings (SSSR count). The molecule has 5 nitrogen and oxygen atoms in total. The molecule has 1 aliphatic rings. The lowest BCUT2D eigenvalue weighted by atomic mass is 9.98. The van der Waals surface area contributed by atoms with E-state index in [1.54, 1.807) is 6.20 Å². The van der Waals surface area contributed by atoms with Crippen molar-refractivity contribution in [2.45, 2.75) is 32.9 Å². The molecule has 1 fully saturated rings. The molecule has 0 spiro atoms. The van der Waals surface area contributed by atoms with Gasteiger partial charge in [0.25, 0.3) is 0 Å². The largest absolute Gasteiger partial charge is 0.339 e. The third-order valence-corrected chi connectivity index (χ3v) is 4.36. The number of pyridine rings is 1. The quantitative estimate of drug-likeness (QED) is 0.882.